The maximum Gasteiger partial charge on any atom is 0.749 e. The third-order valence-corrected chi connectivity index (χ3v) is 9.28. The molecule has 0 aliphatic carbocycles. The molecule has 0 heterocycles. The van der Waals surface area contributed by atoms with E-state index in [-0.39, 0.29) is 0 Å². The van der Waals surface area contributed by atoms with Crippen molar-refractivity contribution in [3.63, 3.8) is 0 Å². The molecule has 190 valence electrons. The first-order valence-electron chi connectivity index (χ1n) is 11.9. The summed E-state index contributed by atoms with van der Waals surface area (Å²) in [7, 11) is -6.46. The minimum Gasteiger partial charge on any atom is -0.480 e. The fourth-order valence-electron chi connectivity index (χ4n) is 3.21. The normalized spacial score (nSPS) is 12.1. The second-order valence-electron chi connectivity index (χ2n) is 6.85. The molecule has 2 rings (SSSR count). The molecule has 0 saturated carbocycles. The van der Waals surface area contributed by atoms with Crippen molar-refractivity contribution in [1.29, 1.82) is 0 Å². The lowest BCUT2D eigenvalue weighted by molar-refractivity contribution is 0.00866. The standard InChI is InChI=1S/C24H38O8Si2/c1-7-25-33(26-8-2,27-9-3)31-23-17-13-21(14-18-23)22-15-19-24(20-16-22)32-34(28-10-4,29-11-5)30-12-6/h13-20H,7-12H2,1-6H3. The zero-order chi connectivity index (χ0) is 24.9. The van der Waals surface area contributed by atoms with Crippen molar-refractivity contribution < 1.29 is 35.4 Å². The number of benzene rings is 2. The van der Waals surface area contributed by atoms with E-state index >= 15 is 0 Å². The summed E-state index contributed by atoms with van der Waals surface area (Å²) in [5.41, 5.74) is 2.05. The first-order chi connectivity index (χ1) is 16.5. The molecule has 0 aliphatic rings. The van der Waals surface area contributed by atoms with Crippen LogP contribution in [0.15, 0.2) is 48.5 Å². The quantitative estimate of drug-likeness (QED) is 0.269. The molecule has 0 unspecified atom stereocenters. The van der Waals surface area contributed by atoms with Crippen LogP contribution >= 0.6 is 0 Å². The first kappa shape index (κ1) is 28.5. The molecule has 2 aromatic rings. The minimum atomic E-state index is -3.23. The summed E-state index contributed by atoms with van der Waals surface area (Å²) in [6.45, 7) is 14.0. The number of hydrogen-bond acceptors (Lipinski definition) is 8. The van der Waals surface area contributed by atoms with Crippen molar-refractivity contribution >= 4 is 18.1 Å². The van der Waals surface area contributed by atoms with Crippen LogP contribution in [0.25, 0.3) is 11.1 Å². The van der Waals surface area contributed by atoms with Gasteiger partial charge < -0.3 is 35.4 Å². The monoisotopic (exact) mass is 510 g/mol. The van der Waals surface area contributed by atoms with Gasteiger partial charge in [0.2, 0.25) is 0 Å². The predicted molar refractivity (Wildman–Crippen MR) is 134 cm³/mol. The lowest BCUT2D eigenvalue weighted by Crippen LogP contribution is -2.52. The van der Waals surface area contributed by atoms with Crippen LogP contribution in [0, 0.1) is 0 Å². The number of hydrogen-bond donors (Lipinski definition) is 0. The summed E-state index contributed by atoms with van der Waals surface area (Å²) in [4.78, 5) is 0. The molecule has 10 heteroatoms. The van der Waals surface area contributed by atoms with E-state index in [2.05, 4.69) is 0 Å². The summed E-state index contributed by atoms with van der Waals surface area (Å²) >= 11 is 0. The van der Waals surface area contributed by atoms with E-state index in [4.69, 9.17) is 35.4 Å². The van der Waals surface area contributed by atoms with Crippen molar-refractivity contribution in [2.75, 3.05) is 39.6 Å². The van der Waals surface area contributed by atoms with Crippen LogP contribution in [0.3, 0.4) is 0 Å². The highest BCUT2D eigenvalue weighted by atomic mass is 28.4. The van der Waals surface area contributed by atoms with E-state index in [1.807, 2.05) is 90.1 Å². The van der Waals surface area contributed by atoms with Crippen LogP contribution in [-0.2, 0) is 26.6 Å². The molecule has 8 nitrogen and oxygen atoms in total. The van der Waals surface area contributed by atoms with Gasteiger partial charge in [0.1, 0.15) is 11.5 Å². The molecule has 0 amide bonds. The first-order valence-corrected chi connectivity index (χ1v) is 15.2. The Morgan fingerprint density at radius 3 is 0.853 bits per heavy atom. The summed E-state index contributed by atoms with van der Waals surface area (Å²) in [5, 5.41) is 0. The topological polar surface area (TPSA) is 73.8 Å². The van der Waals surface area contributed by atoms with Gasteiger partial charge in [-0.3, -0.25) is 0 Å². The Labute approximate surface area is 206 Å². The molecule has 0 N–H and O–H groups in total. The van der Waals surface area contributed by atoms with Gasteiger partial charge in [0.05, 0.1) is 0 Å². The third kappa shape index (κ3) is 8.17. The smallest absolute Gasteiger partial charge is 0.480 e. The zero-order valence-electron chi connectivity index (χ0n) is 21.1. The van der Waals surface area contributed by atoms with Gasteiger partial charge in [-0.1, -0.05) is 24.3 Å². The Balaban J connectivity index is 2.15. The molecule has 0 spiro atoms. The zero-order valence-corrected chi connectivity index (χ0v) is 23.1. The van der Waals surface area contributed by atoms with Gasteiger partial charge in [-0.05, 0) is 76.9 Å². The van der Waals surface area contributed by atoms with E-state index in [9.17, 15) is 0 Å². The van der Waals surface area contributed by atoms with E-state index in [0.717, 1.165) is 11.1 Å². The third-order valence-electron chi connectivity index (χ3n) is 4.45. The average Bonchev–Trinajstić information content (AvgIpc) is 2.81. The second kappa shape index (κ2) is 14.6. The van der Waals surface area contributed by atoms with Crippen molar-refractivity contribution in [3.05, 3.63) is 48.5 Å². The highest BCUT2D eigenvalue weighted by molar-refractivity contribution is 6.54. The molecule has 0 fully saturated rings. The molecule has 0 radical (unpaired) electrons. The van der Waals surface area contributed by atoms with Gasteiger partial charge in [0, 0.05) is 39.6 Å². The molecular weight excluding hydrogens is 472 g/mol. The lowest BCUT2D eigenvalue weighted by Gasteiger charge is -2.27. The van der Waals surface area contributed by atoms with E-state index in [0.29, 0.717) is 51.1 Å². The Bertz CT molecular complexity index is 713. The van der Waals surface area contributed by atoms with Crippen LogP contribution in [0.1, 0.15) is 41.5 Å². The molecule has 0 aliphatic heterocycles. The highest BCUT2D eigenvalue weighted by Gasteiger charge is 2.48. The highest BCUT2D eigenvalue weighted by Crippen LogP contribution is 2.28. The number of rotatable bonds is 17. The second-order valence-corrected chi connectivity index (χ2v) is 11.0. The van der Waals surface area contributed by atoms with Crippen molar-refractivity contribution in [2.24, 2.45) is 0 Å². The molecular formula is C24H38O8Si2. The Kier molecular flexibility index (Phi) is 12.2. The van der Waals surface area contributed by atoms with Gasteiger partial charge >= 0.3 is 18.1 Å². The Hall–Kier alpha value is -1.77. The molecule has 34 heavy (non-hydrogen) atoms. The van der Waals surface area contributed by atoms with Crippen molar-refractivity contribution in [1.82, 2.24) is 0 Å². The van der Waals surface area contributed by atoms with E-state index in [1.165, 1.54) is 0 Å². The van der Waals surface area contributed by atoms with Crippen LogP contribution < -0.4 is 8.85 Å². The predicted octanol–water partition coefficient (Wildman–Crippen LogP) is 5.20. The summed E-state index contributed by atoms with van der Waals surface area (Å²) in [5.74, 6) is 1.26. The fourth-order valence-corrected chi connectivity index (χ4v) is 7.03. The van der Waals surface area contributed by atoms with Gasteiger partial charge in [-0.25, -0.2) is 0 Å². The molecule has 0 saturated heterocycles. The van der Waals surface area contributed by atoms with Gasteiger partial charge in [0.25, 0.3) is 0 Å². The van der Waals surface area contributed by atoms with Crippen LogP contribution in [0.4, 0.5) is 0 Å². The maximum absolute atomic E-state index is 6.07. The molecule has 0 aromatic heterocycles. The fraction of sp³-hybridized carbons (Fsp3) is 0.500. The lowest BCUT2D eigenvalue weighted by atomic mass is 10.1. The van der Waals surface area contributed by atoms with E-state index < -0.39 is 18.1 Å². The van der Waals surface area contributed by atoms with Gasteiger partial charge in [-0.15, -0.1) is 0 Å². The summed E-state index contributed by atoms with van der Waals surface area (Å²) in [6, 6.07) is 15.5. The van der Waals surface area contributed by atoms with E-state index in [1.54, 1.807) is 0 Å². The Morgan fingerprint density at radius 1 is 0.412 bits per heavy atom. The van der Waals surface area contributed by atoms with Gasteiger partial charge in [-0.2, -0.15) is 0 Å². The van der Waals surface area contributed by atoms with Crippen LogP contribution in [0.2, 0.25) is 0 Å². The minimum absolute atomic E-state index is 0.443. The maximum atomic E-state index is 6.07. The SMILES string of the molecule is CCO[Si](OCC)(OCC)Oc1ccc(-c2ccc(O[Si](OCC)(OCC)OCC)cc2)cc1. The van der Waals surface area contributed by atoms with Crippen molar-refractivity contribution in [3.8, 4) is 22.6 Å². The van der Waals surface area contributed by atoms with Crippen molar-refractivity contribution in [2.45, 2.75) is 41.5 Å². The molecule has 2 aromatic carbocycles. The largest absolute Gasteiger partial charge is 0.749 e. The van der Waals surface area contributed by atoms with Crippen LogP contribution in [0.5, 0.6) is 11.5 Å². The molecule has 0 atom stereocenters. The molecule has 0 bridgehead atoms. The van der Waals surface area contributed by atoms with Gasteiger partial charge in [0.15, 0.2) is 0 Å². The average molecular weight is 511 g/mol. The summed E-state index contributed by atoms with van der Waals surface area (Å²) in [6.07, 6.45) is 0. The Morgan fingerprint density at radius 2 is 0.647 bits per heavy atom. The van der Waals surface area contributed by atoms with Crippen LogP contribution in [-0.4, -0.2) is 57.7 Å². The summed E-state index contributed by atoms with van der Waals surface area (Å²) < 4.78 is 46.7.